The number of hydrogen-bond donors (Lipinski definition) is 2. The maximum atomic E-state index is 12.2. The number of aliphatic hydroxyl groups excluding tert-OH is 1. The van der Waals surface area contributed by atoms with Crippen molar-refractivity contribution >= 4 is 17.6 Å². The summed E-state index contributed by atoms with van der Waals surface area (Å²) in [6.07, 6.45) is 2.79. The molecule has 1 amide bonds. The molecule has 0 spiro atoms. The van der Waals surface area contributed by atoms with Crippen LogP contribution in [0.5, 0.6) is 0 Å². The topological polar surface area (TPSA) is 99.8 Å². The molecule has 0 aromatic carbocycles. The number of carbonyl (C=O) groups excluding carboxylic acids is 1. The number of aromatic amines is 1. The third kappa shape index (κ3) is 1.94. The molecule has 1 aliphatic carbocycles. The lowest BCUT2D eigenvalue weighted by atomic mass is 10.1. The van der Waals surface area contributed by atoms with E-state index in [1.54, 1.807) is 6.92 Å². The minimum absolute atomic E-state index is 0.101. The van der Waals surface area contributed by atoms with Crippen molar-refractivity contribution < 1.29 is 9.90 Å². The number of aryl methyl sites for hydroxylation is 1. The van der Waals surface area contributed by atoms with Gasteiger partial charge in [0.25, 0.3) is 17.4 Å². The Bertz CT molecular complexity index is 680. The zero-order valence-electron chi connectivity index (χ0n) is 11.2. The predicted octanol–water partition coefficient (Wildman–Crippen LogP) is 0.00502. The molecule has 3 rings (SSSR count). The Kier molecular flexibility index (Phi) is 3.13. The predicted molar refractivity (Wildman–Crippen MR) is 73.2 cm³/mol. The van der Waals surface area contributed by atoms with Crippen molar-refractivity contribution in [3.05, 3.63) is 21.6 Å². The van der Waals surface area contributed by atoms with E-state index >= 15 is 0 Å². The summed E-state index contributed by atoms with van der Waals surface area (Å²) in [6, 6.07) is 0. The van der Waals surface area contributed by atoms with Crippen molar-refractivity contribution in [2.45, 2.75) is 32.6 Å². The van der Waals surface area contributed by atoms with E-state index in [1.165, 1.54) is 4.68 Å². The smallest absolute Gasteiger partial charge is 0.277 e. The number of H-pyrrole nitrogens is 1. The van der Waals surface area contributed by atoms with E-state index in [0.29, 0.717) is 11.3 Å². The average molecular weight is 276 g/mol. The van der Waals surface area contributed by atoms with Crippen molar-refractivity contribution in [3.8, 4) is 0 Å². The summed E-state index contributed by atoms with van der Waals surface area (Å²) in [7, 11) is 0. The first-order valence-electron chi connectivity index (χ1n) is 6.73. The van der Waals surface area contributed by atoms with Crippen LogP contribution in [0.1, 0.15) is 30.5 Å². The first-order valence-corrected chi connectivity index (χ1v) is 6.73. The van der Waals surface area contributed by atoms with Crippen LogP contribution in [-0.2, 0) is 11.2 Å². The number of fused-ring (bicyclic) bond motifs is 1. The van der Waals surface area contributed by atoms with E-state index in [2.05, 4.69) is 15.1 Å². The molecule has 7 heteroatoms. The Balaban J connectivity index is 2.04. The van der Waals surface area contributed by atoms with E-state index in [0.717, 1.165) is 25.0 Å². The summed E-state index contributed by atoms with van der Waals surface area (Å²) in [5.74, 6) is -0.298. The largest absolute Gasteiger partial charge is 0.396 e. The van der Waals surface area contributed by atoms with Crippen molar-refractivity contribution in [1.29, 1.82) is 0 Å². The lowest BCUT2D eigenvalue weighted by Gasteiger charge is -2.13. The van der Waals surface area contributed by atoms with Crippen LogP contribution in [0.2, 0.25) is 0 Å². The molecule has 7 nitrogen and oxygen atoms in total. The zero-order valence-corrected chi connectivity index (χ0v) is 11.2. The maximum absolute atomic E-state index is 12.2. The van der Waals surface area contributed by atoms with Crippen LogP contribution in [-0.4, -0.2) is 39.1 Å². The molecule has 0 saturated heterocycles. The molecule has 0 radical (unpaired) electrons. The molecule has 1 aromatic heterocycles. The molecule has 2 aliphatic rings. The molecule has 0 bridgehead atoms. The normalized spacial score (nSPS) is 21.7. The Morgan fingerprint density at radius 1 is 1.40 bits per heavy atom. The van der Waals surface area contributed by atoms with Gasteiger partial charge in [-0.25, -0.2) is 4.99 Å². The lowest BCUT2D eigenvalue weighted by molar-refractivity contribution is -0.119. The molecule has 1 atom stereocenters. The summed E-state index contributed by atoms with van der Waals surface area (Å²) in [5, 5.41) is 11.9. The zero-order chi connectivity index (χ0) is 14.3. The van der Waals surface area contributed by atoms with Crippen LogP contribution in [0.4, 0.5) is 0 Å². The number of aliphatic hydroxyl groups is 1. The van der Waals surface area contributed by atoms with Crippen molar-refractivity contribution in [2.24, 2.45) is 15.9 Å². The van der Waals surface area contributed by atoms with Gasteiger partial charge in [-0.05, 0) is 26.2 Å². The number of amides is 1. The van der Waals surface area contributed by atoms with Gasteiger partial charge in [0.15, 0.2) is 0 Å². The molecule has 20 heavy (non-hydrogen) atoms. The first-order chi connectivity index (χ1) is 9.61. The Morgan fingerprint density at radius 3 is 2.95 bits per heavy atom. The third-order valence-electron chi connectivity index (χ3n) is 3.84. The fourth-order valence-electron chi connectivity index (χ4n) is 2.79. The van der Waals surface area contributed by atoms with Crippen molar-refractivity contribution in [2.75, 3.05) is 6.61 Å². The van der Waals surface area contributed by atoms with Crippen molar-refractivity contribution in [1.82, 2.24) is 9.78 Å². The van der Waals surface area contributed by atoms with Gasteiger partial charge in [0.1, 0.15) is 0 Å². The van der Waals surface area contributed by atoms with Crippen LogP contribution in [0.25, 0.3) is 0 Å². The highest BCUT2D eigenvalue weighted by Gasteiger charge is 2.33. The highest BCUT2D eigenvalue weighted by atomic mass is 16.3. The number of rotatable bonds is 2. The highest BCUT2D eigenvalue weighted by Crippen LogP contribution is 2.26. The van der Waals surface area contributed by atoms with E-state index in [9.17, 15) is 9.59 Å². The Hall–Kier alpha value is -2.02. The second kappa shape index (κ2) is 4.82. The Labute approximate surface area is 115 Å². The minimum atomic E-state index is -0.302. The molecule has 1 aromatic rings. The fourth-order valence-corrected chi connectivity index (χ4v) is 2.79. The molecule has 1 aliphatic heterocycles. The average Bonchev–Trinajstić information content (AvgIpc) is 2.99. The van der Waals surface area contributed by atoms with Gasteiger partial charge in [-0.1, -0.05) is 0 Å². The van der Waals surface area contributed by atoms with Crippen LogP contribution in [0, 0.1) is 12.8 Å². The van der Waals surface area contributed by atoms with Crippen LogP contribution < -0.4 is 5.56 Å². The number of carbonyl (C=O) groups is 1. The highest BCUT2D eigenvalue weighted by molar-refractivity contribution is 6.16. The van der Waals surface area contributed by atoms with Gasteiger partial charge in [-0.2, -0.15) is 9.67 Å². The van der Waals surface area contributed by atoms with Gasteiger partial charge in [0.2, 0.25) is 0 Å². The second-order valence-electron chi connectivity index (χ2n) is 5.13. The molecule has 106 valence electrons. The molecule has 2 N–H and O–H groups in total. The van der Waals surface area contributed by atoms with Gasteiger partial charge in [-0.3, -0.25) is 14.7 Å². The Morgan fingerprint density at radius 2 is 2.20 bits per heavy atom. The van der Waals surface area contributed by atoms with Gasteiger partial charge >= 0.3 is 0 Å². The molecule has 1 unspecified atom stereocenters. The number of nitrogens with one attached hydrogen (secondary N) is 1. The number of nitrogens with zero attached hydrogens (tertiary/aromatic N) is 3. The maximum Gasteiger partial charge on any atom is 0.277 e. The number of aromatic nitrogens is 2. The van der Waals surface area contributed by atoms with E-state index in [4.69, 9.17) is 5.11 Å². The van der Waals surface area contributed by atoms with Gasteiger partial charge < -0.3 is 5.11 Å². The quantitative estimate of drug-likeness (QED) is 0.795. The number of hydrogen-bond acceptors (Lipinski definition) is 4. The van der Waals surface area contributed by atoms with Crippen LogP contribution in [0.15, 0.2) is 14.8 Å². The summed E-state index contributed by atoms with van der Waals surface area (Å²) in [5.41, 5.74) is 1.68. The van der Waals surface area contributed by atoms with Crippen LogP contribution >= 0.6 is 0 Å². The fraction of sp³-hybridized carbons (Fsp3) is 0.538. The first kappa shape index (κ1) is 13.0. The monoisotopic (exact) mass is 276 g/mol. The molecular weight excluding hydrogens is 260 g/mol. The standard InChI is InChI=1S/C13H16N4O3/c1-7-8(5-6-18)12(20)17(16-7)13-14-10-4-2-3-9(10)11(19)15-13/h9,16,18H,2-6H2,1H3. The third-order valence-corrected chi connectivity index (χ3v) is 3.84. The van der Waals surface area contributed by atoms with Crippen LogP contribution in [0.3, 0.4) is 0 Å². The molecular formula is C13H16N4O3. The molecule has 1 saturated carbocycles. The van der Waals surface area contributed by atoms with Gasteiger partial charge in [0.05, 0.1) is 5.92 Å². The SMILES string of the molecule is Cc1[nH]n(C2=NC(=O)C3CCCC3=N2)c(=O)c1CCO. The molecule has 1 fully saturated rings. The lowest BCUT2D eigenvalue weighted by Crippen LogP contribution is -2.32. The summed E-state index contributed by atoms with van der Waals surface area (Å²) >= 11 is 0. The van der Waals surface area contributed by atoms with Gasteiger partial charge in [0, 0.05) is 30.0 Å². The van der Waals surface area contributed by atoms with Gasteiger partial charge in [-0.15, -0.1) is 0 Å². The van der Waals surface area contributed by atoms with Crippen molar-refractivity contribution in [3.63, 3.8) is 0 Å². The minimum Gasteiger partial charge on any atom is -0.396 e. The summed E-state index contributed by atoms with van der Waals surface area (Å²) < 4.78 is 1.19. The van der Waals surface area contributed by atoms with E-state index in [-0.39, 0.29) is 36.4 Å². The summed E-state index contributed by atoms with van der Waals surface area (Å²) in [4.78, 5) is 32.5. The molecule has 2 heterocycles. The van der Waals surface area contributed by atoms with E-state index < -0.39 is 0 Å². The number of aliphatic imine (C=N–C) groups is 2. The van der Waals surface area contributed by atoms with E-state index in [1.807, 2.05) is 0 Å². The summed E-state index contributed by atoms with van der Waals surface area (Å²) in [6.45, 7) is 1.65. The second-order valence-corrected chi connectivity index (χ2v) is 5.13.